The Kier molecular flexibility index (Phi) is 2.41. The van der Waals surface area contributed by atoms with Crippen LogP contribution < -0.4 is 11.3 Å². The van der Waals surface area contributed by atoms with Crippen molar-refractivity contribution >= 4 is 22.0 Å². The van der Waals surface area contributed by atoms with E-state index in [1.165, 1.54) is 11.3 Å². The van der Waals surface area contributed by atoms with Gasteiger partial charge in [-0.05, 0) is 13.0 Å². The lowest BCUT2D eigenvalue weighted by Crippen LogP contribution is -2.21. The zero-order valence-corrected chi connectivity index (χ0v) is 10.5. The van der Waals surface area contributed by atoms with Crippen molar-refractivity contribution < 1.29 is 0 Å². The van der Waals surface area contributed by atoms with Crippen LogP contribution in [-0.4, -0.2) is 19.2 Å². The summed E-state index contributed by atoms with van der Waals surface area (Å²) in [5.74, 6) is 0. The molecule has 0 aromatic carbocycles. The van der Waals surface area contributed by atoms with E-state index in [-0.39, 0.29) is 5.56 Å². The Labute approximate surface area is 106 Å². The van der Waals surface area contributed by atoms with Crippen molar-refractivity contribution in [3.05, 3.63) is 45.6 Å². The summed E-state index contributed by atoms with van der Waals surface area (Å²) in [6.45, 7) is 2.28. The molecule has 0 saturated heterocycles. The highest BCUT2D eigenvalue weighted by molar-refractivity contribution is 7.13. The highest BCUT2D eigenvalue weighted by Crippen LogP contribution is 2.11. The number of nitrogens with zero attached hydrogens (tertiary/aromatic N) is 4. The first-order valence-corrected chi connectivity index (χ1v) is 6.27. The van der Waals surface area contributed by atoms with Crippen molar-refractivity contribution in [2.75, 3.05) is 5.73 Å². The maximum atomic E-state index is 12.2. The molecule has 0 radical (unpaired) electrons. The zero-order chi connectivity index (χ0) is 12.7. The Balaban J connectivity index is 2.07. The molecule has 0 saturated carbocycles. The number of aromatic nitrogens is 4. The number of nitrogens with two attached hydrogens (primary N) is 1. The topological polar surface area (TPSA) is 78.2 Å². The summed E-state index contributed by atoms with van der Waals surface area (Å²) >= 11 is 1.37. The van der Waals surface area contributed by atoms with Gasteiger partial charge in [0.05, 0.1) is 17.9 Å². The number of thiazole rings is 1. The van der Waals surface area contributed by atoms with Gasteiger partial charge in [0.2, 0.25) is 0 Å². The van der Waals surface area contributed by atoms with Crippen LogP contribution in [0.2, 0.25) is 0 Å². The molecular weight excluding hydrogens is 250 g/mol. The van der Waals surface area contributed by atoms with E-state index in [1.807, 2.05) is 12.3 Å². The van der Waals surface area contributed by atoms with E-state index in [0.717, 1.165) is 11.4 Å². The van der Waals surface area contributed by atoms with E-state index < -0.39 is 0 Å². The first kappa shape index (κ1) is 11.0. The van der Waals surface area contributed by atoms with Crippen molar-refractivity contribution in [3.63, 3.8) is 0 Å². The molecule has 0 atom stereocenters. The summed E-state index contributed by atoms with van der Waals surface area (Å²) in [7, 11) is 0. The molecule has 0 fully saturated rings. The fourth-order valence-corrected chi connectivity index (χ4v) is 2.40. The van der Waals surface area contributed by atoms with Crippen molar-refractivity contribution in [2.45, 2.75) is 13.5 Å². The lowest BCUT2D eigenvalue weighted by molar-refractivity contribution is 0.730. The average molecular weight is 261 g/mol. The van der Waals surface area contributed by atoms with Gasteiger partial charge in [-0.2, -0.15) is 5.10 Å². The Bertz CT molecular complexity index is 769. The molecule has 3 rings (SSSR count). The smallest absolute Gasteiger partial charge is 0.276 e. The van der Waals surface area contributed by atoms with Gasteiger partial charge >= 0.3 is 0 Å². The second kappa shape index (κ2) is 3.95. The molecule has 3 aromatic heterocycles. The van der Waals surface area contributed by atoms with Crippen LogP contribution in [0.1, 0.15) is 11.4 Å². The summed E-state index contributed by atoms with van der Waals surface area (Å²) in [5, 5.41) is 6.56. The molecular formula is C11H11N5OS. The maximum Gasteiger partial charge on any atom is 0.276 e. The normalized spacial score (nSPS) is 11.2. The number of anilines is 1. The summed E-state index contributed by atoms with van der Waals surface area (Å²) in [6, 6.07) is 1.77. The zero-order valence-electron chi connectivity index (χ0n) is 9.70. The van der Waals surface area contributed by atoms with Crippen LogP contribution in [0.25, 0.3) is 5.52 Å². The number of hydrogen-bond donors (Lipinski definition) is 1. The molecule has 7 heteroatoms. The number of fused-ring (bicyclic) bond motifs is 1. The van der Waals surface area contributed by atoms with Crippen LogP contribution in [0, 0.1) is 6.92 Å². The average Bonchev–Trinajstić information content (AvgIpc) is 2.89. The lowest BCUT2D eigenvalue weighted by atomic mass is 10.4. The van der Waals surface area contributed by atoms with Crippen LogP contribution >= 0.6 is 11.3 Å². The summed E-state index contributed by atoms with van der Waals surface area (Å²) in [5.41, 5.74) is 7.67. The molecule has 92 valence electrons. The molecule has 0 amide bonds. The number of rotatable bonds is 2. The molecule has 3 heterocycles. The highest BCUT2D eigenvalue weighted by Gasteiger charge is 2.07. The second-order valence-corrected chi connectivity index (χ2v) is 4.91. The Morgan fingerprint density at radius 3 is 3.00 bits per heavy atom. The number of aryl methyl sites for hydroxylation is 1. The molecule has 6 nitrogen and oxygen atoms in total. The Morgan fingerprint density at radius 2 is 2.28 bits per heavy atom. The molecule has 0 aliphatic rings. The first-order chi connectivity index (χ1) is 8.63. The van der Waals surface area contributed by atoms with Crippen LogP contribution in [0.15, 0.2) is 28.6 Å². The molecule has 2 N–H and O–H groups in total. The van der Waals surface area contributed by atoms with Gasteiger partial charge in [-0.25, -0.2) is 9.50 Å². The Hall–Kier alpha value is -2.15. The van der Waals surface area contributed by atoms with Crippen molar-refractivity contribution in [3.8, 4) is 0 Å². The van der Waals surface area contributed by atoms with Gasteiger partial charge in [0.15, 0.2) is 5.13 Å². The van der Waals surface area contributed by atoms with Gasteiger partial charge in [-0.1, -0.05) is 0 Å². The van der Waals surface area contributed by atoms with E-state index in [4.69, 9.17) is 5.73 Å². The van der Waals surface area contributed by atoms with E-state index in [2.05, 4.69) is 10.1 Å². The van der Waals surface area contributed by atoms with Crippen molar-refractivity contribution in [2.24, 2.45) is 0 Å². The largest absolute Gasteiger partial charge is 0.375 e. The van der Waals surface area contributed by atoms with Crippen molar-refractivity contribution in [1.82, 2.24) is 19.2 Å². The molecule has 0 unspecified atom stereocenters. The van der Waals surface area contributed by atoms with Gasteiger partial charge in [-0.3, -0.25) is 4.79 Å². The standard InChI is InChI=1S/C11H11N5OS/c1-7-4-9-10(17)15(2-3-16(9)14-7)5-8-6-18-11(12)13-8/h2-4,6H,5H2,1H3,(H2,12,13). The fraction of sp³-hybridized carbons (Fsp3) is 0.182. The minimum Gasteiger partial charge on any atom is -0.375 e. The molecule has 0 aliphatic carbocycles. The molecule has 0 aliphatic heterocycles. The number of hydrogen-bond acceptors (Lipinski definition) is 5. The third kappa shape index (κ3) is 1.78. The summed E-state index contributed by atoms with van der Waals surface area (Å²) in [6.07, 6.45) is 3.47. The van der Waals surface area contributed by atoms with Crippen LogP contribution in [0.5, 0.6) is 0 Å². The third-order valence-electron chi connectivity index (χ3n) is 2.63. The van der Waals surface area contributed by atoms with Gasteiger partial charge in [0.1, 0.15) is 5.52 Å². The number of nitrogen functional groups attached to an aromatic ring is 1. The predicted molar refractivity (Wildman–Crippen MR) is 69.8 cm³/mol. The monoisotopic (exact) mass is 261 g/mol. The first-order valence-electron chi connectivity index (χ1n) is 5.39. The van der Waals surface area contributed by atoms with Gasteiger partial charge in [-0.15, -0.1) is 11.3 Å². The second-order valence-electron chi connectivity index (χ2n) is 4.02. The van der Waals surface area contributed by atoms with Crippen molar-refractivity contribution in [1.29, 1.82) is 0 Å². The minimum absolute atomic E-state index is 0.0790. The van der Waals surface area contributed by atoms with Crippen LogP contribution in [0.3, 0.4) is 0 Å². The minimum atomic E-state index is -0.0790. The van der Waals surface area contributed by atoms with Gasteiger partial charge < -0.3 is 10.3 Å². The molecule has 18 heavy (non-hydrogen) atoms. The quantitative estimate of drug-likeness (QED) is 0.743. The highest BCUT2D eigenvalue weighted by atomic mass is 32.1. The fourth-order valence-electron chi connectivity index (χ4n) is 1.84. The molecule has 3 aromatic rings. The SMILES string of the molecule is Cc1cc2c(=O)n(Cc3csc(N)n3)ccn2n1. The van der Waals surface area contributed by atoms with Crippen LogP contribution in [-0.2, 0) is 6.54 Å². The summed E-state index contributed by atoms with van der Waals surface area (Å²) < 4.78 is 3.19. The van der Waals surface area contributed by atoms with E-state index in [0.29, 0.717) is 17.2 Å². The van der Waals surface area contributed by atoms with E-state index >= 15 is 0 Å². The molecule has 0 spiro atoms. The maximum absolute atomic E-state index is 12.2. The Morgan fingerprint density at radius 1 is 1.44 bits per heavy atom. The predicted octanol–water partition coefficient (Wildman–Crippen LogP) is 0.891. The van der Waals surface area contributed by atoms with Gasteiger partial charge in [0.25, 0.3) is 5.56 Å². The van der Waals surface area contributed by atoms with E-state index in [9.17, 15) is 4.79 Å². The third-order valence-corrected chi connectivity index (χ3v) is 3.35. The van der Waals surface area contributed by atoms with Crippen LogP contribution in [0.4, 0.5) is 5.13 Å². The van der Waals surface area contributed by atoms with E-state index in [1.54, 1.807) is 27.5 Å². The van der Waals surface area contributed by atoms with Gasteiger partial charge in [0, 0.05) is 17.8 Å². The summed E-state index contributed by atoms with van der Waals surface area (Å²) in [4.78, 5) is 16.3. The lowest BCUT2D eigenvalue weighted by Gasteiger charge is -2.03. The molecule has 0 bridgehead atoms.